The van der Waals surface area contributed by atoms with E-state index in [0.29, 0.717) is 17.8 Å². The molecule has 2 aromatic rings. The fraction of sp³-hybridized carbons (Fsp3) is 0.500. The van der Waals surface area contributed by atoms with Crippen LogP contribution in [0.25, 0.3) is 5.65 Å². The molecule has 2 atom stereocenters. The Kier molecular flexibility index (Phi) is 4.31. The second-order valence-electron chi connectivity index (χ2n) is 5.91. The smallest absolute Gasteiger partial charge is 0.252 e. The molecule has 2 unspecified atom stereocenters. The first-order valence-electron chi connectivity index (χ1n) is 7.47. The fourth-order valence-corrected chi connectivity index (χ4v) is 3.86. The molecule has 0 saturated heterocycles. The highest BCUT2D eigenvalue weighted by molar-refractivity contribution is 7.88. The molecule has 124 valence electrons. The standard InChI is InChI=1S/C14H19N5O3S/c1-23(21,22)18-12-4-2-3-10(12)7-15-14(20)11-5-6-13-17-16-9-19(13)8-11/h5-6,8-10,12,18H,2-4,7H2,1H3,(H,15,20). The molecule has 23 heavy (non-hydrogen) atoms. The lowest BCUT2D eigenvalue weighted by atomic mass is 10.0. The van der Waals surface area contributed by atoms with Crippen molar-refractivity contribution >= 4 is 21.6 Å². The highest BCUT2D eigenvalue weighted by Gasteiger charge is 2.29. The Balaban J connectivity index is 1.61. The number of fused-ring (bicyclic) bond motifs is 1. The van der Waals surface area contributed by atoms with Gasteiger partial charge < -0.3 is 5.32 Å². The van der Waals surface area contributed by atoms with Crippen molar-refractivity contribution in [3.8, 4) is 0 Å². The van der Waals surface area contributed by atoms with Gasteiger partial charge >= 0.3 is 0 Å². The topological polar surface area (TPSA) is 105 Å². The van der Waals surface area contributed by atoms with Gasteiger partial charge in [0.05, 0.1) is 11.8 Å². The number of carbonyl (C=O) groups is 1. The van der Waals surface area contributed by atoms with Gasteiger partial charge in [-0.1, -0.05) is 6.42 Å². The first-order valence-corrected chi connectivity index (χ1v) is 9.36. The normalized spacial score (nSPS) is 21.6. The third kappa shape index (κ3) is 3.85. The highest BCUT2D eigenvalue weighted by atomic mass is 32.2. The minimum atomic E-state index is -3.23. The zero-order chi connectivity index (χ0) is 16.4. The molecule has 0 aliphatic heterocycles. The lowest BCUT2D eigenvalue weighted by Gasteiger charge is -2.20. The van der Waals surface area contributed by atoms with Gasteiger partial charge in [-0.3, -0.25) is 9.20 Å². The van der Waals surface area contributed by atoms with Gasteiger partial charge in [0.25, 0.3) is 5.91 Å². The van der Waals surface area contributed by atoms with Gasteiger partial charge in [-0.15, -0.1) is 10.2 Å². The number of hydrogen-bond acceptors (Lipinski definition) is 5. The van der Waals surface area contributed by atoms with Crippen molar-refractivity contribution in [3.63, 3.8) is 0 Å². The molecule has 9 heteroatoms. The van der Waals surface area contributed by atoms with E-state index in [1.54, 1.807) is 22.7 Å². The van der Waals surface area contributed by atoms with Crippen LogP contribution in [-0.2, 0) is 10.0 Å². The van der Waals surface area contributed by atoms with Gasteiger partial charge in [-0.2, -0.15) is 0 Å². The Morgan fingerprint density at radius 2 is 2.22 bits per heavy atom. The molecule has 0 spiro atoms. The SMILES string of the molecule is CS(=O)(=O)NC1CCCC1CNC(=O)c1ccc2nncn2c1. The average Bonchev–Trinajstić information content (AvgIpc) is 3.11. The number of aromatic nitrogens is 3. The molecular weight excluding hydrogens is 318 g/mol. The number of amides is 1. The van der Waals surface area contributed by atoms with Crippen LogP contribution in [0.3, 0.4) is 0 Å². The Morgan fingerprint density at radius 1 is 1.39 bits per heavy atom. The zero-order valence-corrected chi connectivity index (χ0v) is 13.6. The van der Waals surface area contributed by atoms with Gasteiger partial charge in [0.2, 0.25) is 10.0 Å². The van der Waals surface area contributed by atoms with Crippen LogP contribution in [0, 0.1) is 5.92 Å². The van der Waals surface area contributed by atoms with Crippen molar-refractivity contribution in [2.45, 2.75) is 25.3 Å². The molecular formula is C14H19N5O3S. The van der Waals surface area contributed by atoms with Crippen LogP contribution >= 0.6 is 0 Å². The molecule has 2 aromatic heterocycles. The third-order valence-corrected chi connectivity index (χ3v) is 4.83. The monoisotopic (exact) mass is 337 g/mol. The summed E-state index contributed by atoms with van der Waals surface area (Å²) in [6.07, 6.45) is 7.04. The van der Waals surface area contributed by atoms with Crippen LogP contribution in [0.5, 0.6) is 0 Å². The molecule has 0 aromatic carbocycles. The lowest BCUT2D eigenvalue weighted by molar-refractivity contribution is 0.0945. The molecule has 8 nitrogen and oxygen atoms in total. The molecule has 2 heterocycles. The lowest BCUT2D eigenvalue weighted by Crippen LogP contribution is -2.41. The summed E-state index contributed by atoms with van der Waals surface area (Å²) in [4.78, 5) is 12.3. The number of sulfonamides is 1. The number of nitrogens with zero attached hydrogens (tertiary/aromatic N) is 3. The molecule has 0 bridgehead atoms. The highest BCUT2D eigenvalue weighted by Crippen LogP contribution is 2.25. The van der Waals surface area contributed by atoms with Crippen LogP contribution < -0.4 is 10.0 Å². The van der Waals surface area contributed by atoms with Crippen molar-refractivity contribution in [2.75, 3.05) is 12.8 Å². The van der Waals surface area contributed by atoms with E-state index >= 15 is 0 Å². The summed E-state index contributed by atoms with van der Waals surface area (Å²) >= 11 is 0. The minimum absolute atomic E-state index is 0.106. The Bertz CT molecular complexity index is 817. The summed E-state index contributed by atoms with van der Waals surface area (Å²) in [5.41, 5.74) is 1.19. The maximum absolute atomic E-state index is 12.3. The molecule has 1 fully saturated rings. The Labute approximate surface area is 134 Å². The van der Waals surface area contributed by atoms with Crippen LogP contribution in [0.1, 0.15) is 29.6 Å². The van der Waals surface area contributed by atoms with Gasteiger partial charge in [-0.05, 0) is 30.9 Å². The van der Waals surface area contributed by atoms with Crippen molar-refractivity contribution in [1.29, 1.82) is 0 Å². The van der Waals surface area contributed by atoms with E-state index in [-0.39, 0.29) is 17.9 Å². The predicted molar refractivity (Wildman–Crippen MR) is 84.4 cm³/mol. The second kappa shape index (κ2) is 6.25. The number of carbonyl (C=O) groups excluding carboxylic acids is 1. The maximum Gasteiger partial charge on any atom is 0.252 e. The van der Waals surface area contributed by atoms with E-state index in [4.69, 9.17) is 0 Å². The van der Waals surface area contributed by atoms with E-state index < -0.39 is 10.0 Å². The summed E-state index contributed by atoms with van der Waals surface area (Å²) in [5, 5.41) is 10.5. The van der Waals surface area contributed by atoms with E-state index in [0.717, 1.165) is 25.5 Å². The number of hydrogen-bond donors (Lipinski definition) is 2. The fourth-order valence-electron chi connectivity index (χ4n) is 3.00. The summed E-state index contributed by atoms with van der Waals surface area (Å²) in [6, 6.07) is 3.32. The van der Waals surface area contributed by atoms with Crippen LogP contribution in [-0.4, -0.2) is 47.8 Å². The molecule has 1 aliphatic carbocycles. The molecule has 3 rings (SSSR count). The van der Waals surface area contributed by atoms with Gasteiger partial charge in [0.1, 0.15) is 6.33 Å². The van der Waals surface area contributed by atoms with E-state index in [1.807, 2.05) is 0 Å². The van der Waals surface area contributed by atoms with Crippen molar-refractivity contribution in [3.05, 3.63) is 30.2 Å². The van der Waals surface area contributed by atoms with Crippen molar-refractivity contribution in [1.82, 2.24) is 24.6 Å². The van der Waals surface area contributed by atoms with Crippen LogP contribution in [0.4, 0.5) is 0 Å². The first-order chi connectivity index (χ1) is 10.9. The van der Waals surface area contributed by atoms with E-state index in [9.17, 15) is 13.2 Å². The number of nitrogens with one attached hydrogen (secondary N) is 2. The number of rotatable bonds is 5. The summed E-state index contributed by atoms with van der Waals surface area (Å²) in [6.45, 7) is 0.451. The third-order valence-electron chi connectivity index (χ3n) is 4.10. The molecule has 1 amide bonds. The van der Waals surface area contributed by atoms with Crippen LogP contribution in [0.15, 0.2) is 24.7 Å². The average molecular weight is 337 g/mol. The zero-order valence-electron chi connectivity index (χ0n) is 12.8. The second-order valence-corrected chi connectivity index (χ2v) is 7.69. The minimum Gasteiger partial charge on any atom is -0.352 e. The summed E-state index contributed by atoms with van der Waals surface area (Å²) in [5.74, 6) is -0.0714. The molecule has 1 saturated carbocycles. The first kappa shape index (κ1) is 15.9. The van der Waals surface area contributed by atoms with E-state index in [1.165, 1.54) is 6.33 Å². The summed E-state index contributed by atoms with van der Waals surface area (Å²) < 4.78 is 27.1. The van der Waals surface area contributed by atoms with Gasteiger partial charge in [0.15, 0.2) is 5.65 Å². The maximum atomic E-state index is 12.3. The van der Waals surface area contributed by atoms with Crippen LogP contribution in [0.2, 0.25) is 0 Å². The Hall–Kier alpha value is -2.00. The van der Waals surface area contributed by atoms with Gasteiger partial charge in [-0.25, -0.2) is 13.1 Å². The van der Waals surface area contributed by atoms with Crippen molar-refractivity contribution in [2.24, 2.45) is 5.92 Å². The molecule has 0 radical (unpaired) electrons. The number of pyridine rings is 1. The molecule has 2 N–H and O–H groups in total. The van der Waals surface area contributed by atoms with E-state index in [2.05, 4.69) is 20.2 Å². The quantitative estimate of drug-likeness (QED) is 0.809. The largest absolute Gasteiger partial charge is 0.352 e. The summed E-state index contributed by atoms with van der Waals surface area (Å²) in [7, 11) is -3.23. The Morgan fingerprint density at radius 3 is 3.00 bits per heavy atom. The molecule has 1 aliphatic rings. The predicted octanol–water partition coefficient (Wildman–Crippen LogP) is 0.177. The van der Waals surface area contributed by atoms with Gasteiger partial charge in [0, 0.05) is 18.8 Å². The van der Waals surface area contributed by atoms with Crippen molar-refractivity contribution < 1.29 is 13.2 Å².